The maximum Gasteiger partial charge on any atom is 0.173 e. The van der Waals surface area contributed by atoms with Crippen molar-refractivity contribution in [3.05, 3.63) is 158 Å². The molecule has 51 heavy (non-hydrogen) atoms. The topological polar surface area (TPSA) is 61.4 Å². The van der Waals surface area contributed by atoms with Crippen molar-refractivity contribution < 1.29 is 0 Å². The first-order valence-electron chi connectivity index (χ1n) is 16.9. The van der Waals surface area contributed by atoms with Crippen LogP contribution in [0.2, 0.25) is 0 Å². The fourth-order valence-electron chi connectivity index (χ4n) is 7.72. The molecule has 0 amide bonds. The first-order valence-corrected chi connectivity index (χ1v) is 17.7. The second-order valence-corrected chi connectivity index (χ2v) is 13.6. The highest BCUT2D eigenvalue weighted by atomic mass is 32.1. The summed E-state index contributed by atoms with van der Waals surface area (Å²) in [6, 6.07) is 51.3. The summed E-state index contributed by atoms with van der Waals surface area (Å²) in [4.78, 5) is 14.8. The molecule has 5 heterocycles. The van der Waals surface area contributed by atoms with Crippen LogP contribution in [-0.2, 0) is 0 Å². The molecule has 0 saturated carbocycles. The highest BCUT2D eigenvalue weighted by molar-refractivity contribution is 7.09. The fourth-order valence-corrected chi connectivity index (χ4v) is 8.40. The number of aromatic nitrogens is 6. The number of hydrogen-bond donors (Lipinski definition) is 0. The summed E-state index contributed by atoms with van der Waals surface area (Å²) < 4.78 is 9.43. The van der Waals surface area contributed by atoms with E-state index in [0.29, 0.717) is 5.82 Å². The molecule has 0 atom stereocenters. The molecule has 0 aliphatic heterocycles. The standard InChI is InChI=1S/C44H26N6S/c1-3-13-31-27(9-1)11-5-17-37(31)49-39-21-19-29(25-35(39)33-15-7-23-45-42(33)49)41-47-44(51-48-41)30-20-22-40-36(26-30)34-16-8-24-46-43(34)50(40)38-18-6-12-28-10-2-4-14-32(28)38/h1-26H. The van der Waals surface area contributed by atoms with Gasteiger partial charge in [0.2, 0.25) is 0 Å². The van der Waals surface area contributed by atoms with Crippen LogP contribution in [0.4, 0.5) is 0 Å². The van der Waals surface area contributed by atoms with E-state index in [2.05, 4.69) is 143 Å². The van der Waals surface area contributed by atoms with Crippen molar-refractivity contribution in [1.29, 1.82) is 0 Å². The van der Waals surface area contributed by atoms with Gasteiger partial charge in [0.1, 0.15) is 16.3 Å². The molecule has 0 aliphatic carbocycles. The van der Waals surface area contributed by atoms with Gasteiger partial charge in [-0.25, -0.2) is 15.0 Å². The molecule has 5 aromatic heterocycles. The Morgan fingerprint density at radius 1 is 0.431 bits per heavy atom. The second kappa shape index (κ2) is 10.9. The molecule has 0 radical (unpaired) electrons. The zero-order valence-electron chi connectivity index (χ0n) is 27.1. The van der Waals surface area contributed by atoms with Crippen LogP contribution in [0.3, 0.4) is 0 Å². The number of hydrogen-bond acceptors (Lipinski definition) is 5. The van der Waals surface area contributed by atoms with E-state index in [9.17, 15) is 0 Å². The summed E-state index contributed by atoms with van der Waals surface area (Å²) >= 11 is 1.43. The first kappa shape index (κ1) is 28.2. The lowest BCUT2D eigenvalue weighted by Crippen LogP contribution is -1.96. The Morgan fingerprint density at radius 2 is 0.941 bits per heavy atom. The zero-order chi connectivity index (χ0) is 33.5. The summed E-state index contributed by atoms with van der Waals surface area (Å²) in [7, 11) is 0. The largest absolute Gasteiger partial charge is 0.293 e. The fraction of sp³-hybridized carbons (Fsp3) is 0. The van der Waals surface area contributed by atoms with Crippen molar-refractivity contribution in [1.82, 2.24) is 28.5 Å². The van der Waals surface area contributed by atoms with Crippen LogP contribution >= 0.6 is 11.5 Å². The lowest BCUT2D eigenvalue weighted by Gasteiger charge is -2.11. The van der Waals surface area contributed by atoms with Gasteiger partial charge < -0.3 is 0 Å². The monoisotopic (exact) mass is 670 g/mol. The van der Waals surface area contributed by atoms with Gasteiger partial charge in [-0.2, -0.15) is 4.37 Å². The number of nitrogens with zero attached hydrogens (tertiary/aromatic N) is 6. The van der Waals surface area contributed by atoms with Gasteiger partial charge in [0, 0.05) is 55.8 Å². The van der Waals surface area contributed by atoms with Crippen LogP contribution in [0, 0.1) is 0 Å². The summed E-state index contributed by atoms with van der Waals surface area (Å²) in [5.74, 6) is 0.715. The van der Waals surface area contributed by atoms with E-state index >= 15 is 0 Å². The van der Waals surface area contributed by atoms with Crippen LogP contribution < -0.4 is 0 Å². The van der Waals surface area contributed by atoms with Crippen molar-refractivity contribution in [3.8, 4) is 33.3 Å². The van der Waals surface area contributed by atoms with Crippen molar-refractivity contribution >= 4 is 77.0 Å². The highest BCUT2D eigenvalue weighted by Crippen LogP contribution is 2.39. The molecule has 11 aromatic rings. The molecular weight excluding hydrogens is 645 g/mol. The van der Waals surface area contributed by atoms with Crippen LogP contribution in [0.1, 0.15) is 0 Å². The Balaban J connectivity index is 1.04. The van der Waals surface area contributed by atoms with Crippen molar-refractivity contribution in [2.45, 2.75) is 0 Å². The summed E-state index contributed by atoms with van der Waals surface area (Å²) in [5, 5.41) is 10.1. The molecular formula is C44H26N6S. The SMILES string of the molecule is c1ccc2c(-n3c4ccc(-c5nsc(-c6ccc7c(c6)c6cccnc6n7-c6cccc7ccccc67)n5)cc4c4cccnc43)cccc2c1. The summed E-state index contributed by atoms with van der Waals surface area (Å²) in [6.45, 7) is 0. The Hall–Kier alpha value is -6.70. The molecule has 0 fully saturated rings. The summed E-state index contributed by atoms with van der Waals surface area (Å²) in [5.41, 5.74) is 8.30. The molecule has 0 spiro atoms. The maximum absolute atomic E-state index is 5.10. The van der Waals surface area contributed by atoms with Gasteiger partial charge in [0.15, 0.2) is 5.82 Å². The zero-order valence-corrected chi connectivity index (χ0v) is 27.9. The third kappa shape index (κ3) is 4.22. The average molecular weight is 671 g/mol. The molecule has 11 rings (SSSR count). The van der Waals surface area contributed by atoms with Gasteiger partial charge in [-0.3, -0.25) is 9.13 Å². The lowest BCUT2D eigenvalue weighted by molar-refractivity contribution is 1.15. The third-order valence-corrected chi connectivity index (χ3v) is 10.8. The Kier molecular flexibility index (Phi) is 6.02. The first-order chi connectivity index (χ1) is 25.3. The van der Waals surface area contributed by atoms with Gasteiger partial charge in [-0.15, -0.1) is 0 Å². The van der Waals surface area contributed by atoms with E-state index < -0.39 is 0 Å². The smallest absolute Gasteiger partial charge is 0.173 e. The normalized spacial score (nSPS) is 11.9. The van der Waals surface area contributed by atoms with Crippen molar-refractivity contribution in [3.63, 3.8) is 0 Å². The van der Waals surface area contributed by atoms with E-state index in [1.165, 1.54) is 33.1 Å². The van der Waals surface area contributed by atoms with E-state index in [0.717, 1.165) is 71.4 Å². The van der Waals surface area contributed by atoms with E-state index in [-0.39, 0.29) is 0 Å². The van der Waals surface area contributed by atoms with E-state index in [1.807, 2.05) is 24.5 Å². The van der Waals surface area contributed by atoms with E-state index in [1.54, 1.807) is 0 Å². The molecule has 0 aliphatic rings. The Labute approximate surface area is 295 Å². The average Bonchev–Trinajstić information content (AvgIpc) is 3.90. The highest BCUT2D eigenvalue weighted by Gasteiger charge is 2.19. The Morgan fingerprint density at radius 3 is 1.55 bits per heavy atom. The predicted molar refractivity (Wildman–Crippen MR) is 210 cm³/mol. The van der Waals surface area contributed by atoms with Gasteiger partial charge in [0.25, 0.3) is 0 Å². The quantitative estimate of drug-likeness (QED) is 0.187. The summed E-state index contributed by atoms with van der Waals surface area (Å²) in [6.07, 6.45) is 3.73. The van der Waals surface area contributed by atoms with Crippen LogP contribution in [0.25, 0.3) is 98.8 Å². The van der Waals surface area contributed by atoms with Gasteiger partial charge in [-0.05, 0) is 95.1 Å². The molecule has 0 N–H and O–H groups in total. The number of pyridine rings is 2. The van der Waals surface area contributed by atoms with Crippen LogP contribution in [0.15, 0.2) is 158 Å². The lowest BCUT2D eigenvalue weighted by atomic mass is 10.1. The van der Waals surface area contributed by atoms with Crippen LogP contribution in [-0.4, -0.2) is 28.5 Å². The molecule has 7 heteroatoms. The molecule has 0 unspecified atom stereocenters. The molecule has 238 valence electrons. The molecule has 0 bridgehead atoms. The molecule has 0 saturated heterocycles. The maximum atomic E-state index is 5.10. The second-order valence-electron chi connectivity index (χ2n) is 12.8. The molecule has 6 nitrogen and oxygen atoms in total. The number of rotatable bonds is 4. The minimum atomic E-state index is 0.715. The van der Waals surface area contributed by atoms with Crippen molar-refractivity contribution in [2.75, 3.05) is 0 Å². The number of benzene rings is 6. The molecule has 6 aromatic carbocycles. The van der Waals surface area contributed by atoms with Crippen LogP contribution in [0.5, 0.6) is 0 Å². The van der Waals surface area contributed by atoms with Gasteiger partial charge in [-0.1, -0.05) is 72.8 Å². The minimum Gasteiger partial charge on any atom is -0.293 e. The minimum absolute atomic E-state index is 0.715. The third-order valence-electron chi connectivity index (χ3n) is 10.00. The van der Waals surface area contributed by atoms with E-state index in [4.69, 9.17) is 19.3 Å². The van der Waals surface area contributed by atoms with Gasteiger partial charge in [0.05, 0.1) is 22.4 Å². The number of fused-ring (bicyclic) bond motifs is 8. The van der Waals surface area contributed by atoms with Gasteiger partial charge >= 0.3 is 0 Å². The van der Waals surface area contributed by atoms with Crippen molar-refractivity contribution in [2.24, 2.45) is 0 Å². The Bertz CT molecular complexity index is 2950. The predicted octanol–water partition coefficient (Wildman–Crippen LogP) is 11.2.